The number of carbonyl (C=O) groups is 6. The molecule has 0 aromatic heterocycles. The van der Waals surface area contributed by atoms with E-state index in [1.165, 1.54) is 62.8 Å². The van der Waals surface area contributed by atoms with Crippen molar-refractivity contribution in [1.82, 2.24) is 0 Å². The molecule has 0 bridgehead atoms. The summed E-state index contributed by atoms with van der Waals surface area (Å²) in [4.78, 5) is 72.3. The largest absolute Gasteiger partial charge is 0.478 e. The van der Waals surface area contributed by atoms with Crippen LogP contribution in [0.1, 0.15) is 73.3 Å². The molecule has 0 radical (unpaired) electrons. The second-order valence-electron chi connectivity index (χ2n) is 8.08. The lowest BCUT2D eigenvalue weighted by Crippen LogP contribution is -2.18. The Morgan fingerprint density at radius 2 is 0.850 bits per heavy atom. The second-order valence-corrected chi connectivity index (χ2v) is 8.08. The Kier molecular flexibility index (Phi) is 9.31. The minimum Gasteiger partial charge on any atom is -0.478 e. The molecular weight excluding hydrogens is 528 g/mol. The van der Waals surface area contributed by atoms with Gasteiger partial charge in [-0.05, 0) is 47.5 Å². The molecule has 12 heteroatoms. The molecule has 2 N–H and O–H groups in total. The zero-order valence-electron chi connectivity index (χ0n) is 21.2. The van der Waals surface area contributed by atoms with Gasteiger partial charge in [-0.2, -0.15) is 0 Å². The lowest BCUT2D eigenvalue weighted by molar-refractivity contribution is 0.0449. The number of hydrogen-bond donors (Lipinski definition) is 2. The van der Waals surface area contributed by atoms with E-state index < -0.39 is 58.1 Å². The number of hydrogen-bond acceptors (Lipinski definition) is 10. The molecule has 0 fully saturated rings. The molecule has 0 aliphatic rings. The van der Waals surface area contributed by atoms with Crippen molar-refractivity contribution in [3.63, 3.8) is 0 Å². The molecule has 12 nitrogen and oxygen atoms in total. The molecule has 0 spiro atoms. The number of carboxylic acids is 2. The van der Waals surface area contributed by atoms with Crippen molar-refractivity contribution in [3.05, 3.63) is 105 Å². The fourth-order valence-corrected chi connectivity index (χ4v) is 3.45. The van der Waals surface area contributed by atoms with Crippen LogP contribution in [0.4, 0.5) is 0 Å². The number of esters is 4. The lowest BCUT2D eigenvalue weighted by Gasteiger charge is -2.13. The normalized spacial score (nSPS) is 10.2. The fourth-order valence-electron chi connectivity index (χ4n) is 3.45. The van der Waals surface area contributed by atoms with Crippen molar-refractivity contribution in [3.8, 4) is 0 Å². The Bertz CT molecular complexity index is 1360. The predicted octanol–water partition coefficient (Wildman–Crippen LogP) is 3.37. The predicted molar refractivity (Wildman–Crippen MR) is 134 cm³/mol. The van der Waals surface area contributed by atoms with Crippen LogP contribution in [0, 0.1) is 0 Å². The first-order valence-corrected chi connectivity index (χ1v) is 11.4. The van der Waals surface area contributed by atoms with Crippen LogP contribution in [0.5, 0.6) is 0 Å². The maximum atomic E-state index is 12.7. The highest BCUT2D eigenvalue weighted by molar-refractivity contribution is 6.09. The molecule has 0 saturated carbocycles. The molecule has 0 unspecified atom stereocenters. The monoisotopic (exact) mass is 550 g/mol. The average Bonchev–Trinajstić information content (AvgIpc) is 2.97. The molecule has 0 aliphatic heterocycles. The standard InChI is InChI=1S/C28H22O12/c1-37-25(33)17-7-3-15(4-8-17)13-39-27(35)21-11-20(24(31)32)22(12-19(21)23(29)30)28(36)40-14-16-5-9-18(10-6-16)26(34)38-2/h3-12H,13-14H2,1-2H3,(H,29,30)(H,31,32). The van der Waals surface area contributed by atoms with Crippen molar-refractivity contribution in [1.29, 1.82) is 0 Å². The van der Waals surface area contributed by atoms with Gasteiger partial charge < -0.3 is 29.2 Å². The summed E-state index contributed by atoms with van der Waals surface area (Å²) in [7, 11) is 2.45. The van der Waals surface area contributed by atoms with Crippen molar-refractivity contribution >= 4 is 35.8 Å². The number of aromatic carboxylic acids is 2. The number of methoxy groups -OCH3 is 2. The number of ether oxygens (including phenoxy) is 4. The first-order chi connectivity index (χ1) is 19.0. The molecule has 0 aliphatic carbocycles. The van der Waals surface area contributed by atoms with Gasteiger partial charge in [0.2, 0.25) is 0 Å². The smallest absolute Gasteiger partial charge is 0.339 e. The summed E-state index contributed by atoms with van der Waals surface area (Å²) >= 11 is 0. The van der Waals surface area contributed by atoms with Gasteiger partial charge >= 0.3 is 35.8 Å². The van der Waals surface area contributed by atoms with E-state index in [0.717, 1.165) is 12.1 Å². The second kappa shape index (κ2) is 12.8. The third-order valence-electron chi connectivity index (χ3n) is 5.55. The Hall–Kier alpha value is -5.52. The van der Waals surface area contributed by atoms with E-state index in [-0.39, 0.29) is 24.3 Å². The van der Waals surface area contributed by atoms with E-state index in [1.54, 1.807) is 0 Å². The van der Waals surface area contributed by atoms with Gasteiger partial charge in [-0.3, -0.25) is 0 Å². The van der Waals surface area contributed by atoms with Crippen LogP contribution in [0.2, 0.25) is 0 Å². The summed E-state index contributed by atoms with van der Waals surface area (Å²) in [6.07, 6.45) is 0. The van der Waals surface area contributed by atoms with E-state index >= 15 is 0 Å². The van der Waals surface area contributed by atoms with Gasteiger partial charge in [0.05, 0.1) is 47.6 Å². The summed E-state index contributed by atoms with van der Waals surface area (Å²) < 4.78 is 19.5. The Morgan fingerprint density at radius 3 is 1.12 bits per heavy atom. The van der Waals surface area contributed by atoms with Gasteiger partial charge in [-0.15, -0.1) is 0 Å². The third-order valence-corrected chi connectivity index (χ3v) is 5.55. The third kappa shape index (κ3) is 6.86. The highest BCUT2D eigenvalue weighted by Gasteiger charge is 2.27. The zero-order valence-corrected chi connectivity index (χ0v) is 21.2. The van der Waals surface area contributed by atoms with Gasteiger partial charge in [0.1, 0.15) is 13.2 Å². The maximum Gasteiger partial charge on any atom is 0.339 e. The average molecular weight is 550 g/mol. The molecule has 3 aromatic rings. The number of carbonyl (C=O) groups excluding carboxylic acids is 4. The summed E-state index contributed by atoms with van der Waals surface area (Å²) in [5, 5.41) is 19.3. The van der Waals surface area contributed by atoms with Crippen LogP contribution in [-0.4, -0.2) is 60.2 Å². The van der Waals surface area contributed by atoms with Crippen LogP contribution in [0.25, 0.3) is 0 Å². The van der Waals surface area contributed by atoms with Crippen molar-refractivity contribution in [2.24, 2.45) is 0 Å². The molecular formula is C28H22O12. The molecule has 3 aromatic carbocycles. The van der Waals surface area contributed by atoms with Crippen LogP contribution in [-0.2, 0) is 32.2 Å². The highest BCUT2D eigenvalue weighted by Crippen LogP contribution is 2.22. The van der Waals surface area contributed by atoms with Crippen LogP contribution >= 0.6 is 0 Å². The minimum absolute atomic E-state index is 0.262. The lowest BCUT2D eigenvalue weighted by atomic mass is 9.98. The Balaban J connectivity index is 1.80. The van der Waals surface area contributed by atoms with E-state index in [2.05, 4.69) is 9.47 Å². The first-order valence-electron chi connectivity index (χ1n) is 11.4. The number of benzene rings is 3. The molecule has 0 heterocycles. The summed E-state index contributed by atoms with van der Waals surface area (Å²) in [5.41, 5.74) is -1.10. The van der Waals surface area contributed by atoms with Crippen LogP contribution in [0.15, 0.2) is 60.7 Å². The van der Waals surface area contributed by atoms with E-state index in [9.17, 15) is 39.0 Å². The fraction of sp³-hybridized carbons (Fsp3) is 0.143. The van der Waals surface area contributed by atoms with E-state index in [4.69, 9.17) is 9.47 Å². The van der Waals surface area contributed by atoms with E-state index in [0.29, 0.717) is 11.1 Å². The number of rotatable bonds is 10. The molecule has 0 atom stereocenters. The zero-order chi connectivity index (χ0) is 29.4. The van der Waals surface area contributed by atoms with Crippen LogP contribution in [0.3, 0.4) is 0 Å². The summed E-state index contributed by atoms with van der Waals surface area (Å²) in [5.74, 6) is -6.65. The highest BCUT2D eigenvalue weighted by atomic mass is 16.5. The molecule has 0 amide bonds. The van der Waals surface area contributed by atoms with Gasteiger partial charge in [0.15, 0.2) is 0 Å². The topological polar surface area (TPSA) is 180 Å². The first kappa shape index (κ1) is 29.0. The van der Waals surface area contributed by atoms with Gasteiger partial charge in [-0.25, -0.2) is 28.8 Å². The molecule has 206 valence electrons. The SMILES string of the molecule is COC(=O)c1ccc(COC(=O)c2cc(C(=O)O)c(C(=O)OCc3ccc(C(=O)OC)cc3)cc2C(=O)O)cc1. The van der Waals surface area contributed by atoms with Crippen LogP contribution < -0.4 is 0 Å². The number of carboxylic acid groups (broad SMARTS) is 2. The van der Waals surface area contributed by atoms with Crippen molar-refractivity contribution in [2.75, 3.05) is 14.2 Å². The summed E-state index contributed by atoms with van der Waals surface area (Å²) in [6.45, 7) is -0.638. The quantitative estimate of drug-likeness (QED) is 0.278. The van der Waals surface area contributed by atoms with Crippen molar-refractivity contribution < 1.29 is 57.9 Å². The summed E-state index contributed by atoms with van der Waals surface area (Å²) in [6, 6.07) is 13.2. The maximum absolute atomic E-state index is 12.7. The van der Waals surface area contributed by atoms with E-state index in [1.807, 2.05) is 0 Å². The molecule has 0 saturated heterocycles. The van der Waals surface area contributed by atoms with Crippen molar-refractivity contribution in [2.45, 2.75) is 13.2 Å². The van der Waals surface area contributed by atoms with Gasteiger partial charge in [0, 0.05) is 0 Å². The molecule has 40 heavy (non-hydrogen) atoms. The Morgan fingerprint density at radius 1 is 0.525 bits per heavy atom. The van der Waals surface area contributed by atoms with Gasteiger partial charge in [0.25, 0.3) is 0 Å². The molecule has 3 rings (SSSR count). The van der Waals surface area contributed by atoms with Gasteiger partial charge in [-0.1, -0.05) is 24.3 Å². The minimum atomic E-state index is -1.61. The Labute approximate surface area is 226 Å².